The molecule has 4 rings (SSSR count). The van der Waals surface area contributed by atoms with Gasteiger partial charge in [-0.2, -0.15) is 0 Å². The average Bonchev–Trinajstić information content (AvgIpc) is 3.60. The summed E-state index contributed by atoms with van der Waals surface area (Å²) in [4.78, 5) is 67.4. The average molecular weight is 428 g/mol. The van der Waals surface area contributed by atoms with Gasteiger partial charge in [0.2, 0.25) is 11.8 Å². The summed E-state index contributed by atoms with van der Waals surface area (Å²) in [6.07, 6.45) is 1.85. The van der Waals surface area contributed by atoms with Crippen LogP contribution >= 0.6 is 0 Å². The molecule has 1 aromatic rings. The number of carbonyl (C=O) groups is 5. The Morgan fingerprint density at radius 1 is 0.968 bits per heavy atom. The van der Waals surface area contributed by atoms with Crippen molar-refractivity contribution < 1.29 is 28.7 Å². The van der Waals surface area contributed by atoms with Gasteiger partial charge in [-0.1, -0.05) is 12.1 Å². The number of amides is 6. The Morgan fingerprint density at radius 2 is 1.61 bits per heavy atom. The van der Waals surface area contributed by atoms with Crippen LogP contribution in [0.1, 0.15) is 19.8 Å². The Bertz CT molecular complexity index is 936. The SMILES string of the molecule is CCOc1ccccc1N1C(=O)C(=O)N(CC(=O)N2CCN(C(=O)C3CC3)CC2)C1=O. The predicted octanol–water partition coefficient (Wildman–Crippen LogP) is 0.461. The Morgan fingerprint density at radius 3 is 2.26 bits per heavy atom. The summed E-state index contributed by atoms with van der Waals surface area (Å²) in [7, 11) is 0. The summed E-state index contributed by atoms with van der Waals surface area (Å²) in [6.45, 7) is 3.08. The molecule has 1 aromatic carbocycles. The fraction of sp³-hybridized carbons (Fsp3) is 0.476. The highest BCUT2D eigenvalue weighted by Gasteiger charge is 2.47. The van der Waals surface area contributed by atoms with E-state index < -0.39 is 30.3 Å². The van der Waals surface area contributed by atoms with Crippen LogP contribution in [0.4, 0.5) is 10.5 Å². The highest BCUT2D eigenvalue weighted by atomic mass is 16.5. The van der Waals surface area contributed by atoms with Crippen LogP contribution in [0.5, 0.6) is 5.75 Å². The quantitative estimate of drug-likeness (QED) is 0.481. The molecule has 1 saturated carbocycles. The highest BCUT2D eigenvalue weighted by Crippen LogP contribution is 2.32. The number of ether oxygens (including phenoxy) is 1. The Hall–Kier alpha value is -3.43. The van der Waals surface area contributed by atoms with Gasteiger partial charge in [-0.25, -0.2) is 14.6 Å². The summed E-state index contributed by atoms with van der Waals surface area (Å²) in [5.74, 6) is -1.96. The van der Waals surface area contributed by atoms with Gasteiger partial charge in [-0.05, 0) is 31.9 Å². The van der Waals surface area contributed by atoms with E-state index in [-0.39, 0.29) is 17.5 Å². The Kier molecular flexibility index (Phi) is 5.62. The minimum atomic E-state index is -1.05. The van der Waals surface area contributed by atoms with E-state index in [1.165, 1.54) is 11.0 Å². The van der Waals surface area contributed by atoms with Gasteiger partial charge >= 0.3 is 17.8 Å². The third-order valence-electron chi connectivity index (χ3n) is 5.62. The Balaban J connectivity index is 1.41. The number of hydrogen-bond donors (Lipinski definition) is 0. The summed E-state index contributed by atoms with van der Waals surface area (Å²) in [5, 5.41) is 0. The summed E-state index contributed by atoms with van der Waals surface area (Å²) in [5.41, 5.74) is 0.162. The van der Waals surface area contributed by atoms with Crippen LogP contribution in [0, 0.1) is 5.92 Å². The lowest BCUT2D eigenvalue weighted by molar-refractivity contribution is -0.144. The number of urea groups is 1. The van der Waals surface area contributed by atoms with Crippen LogP contribution in [0.25, 0.3) is 0 Å². The molecule has 0 bridgehead atoms. The number of hydrogen-bond acceptors (Lipinski definition) is 6. The van der Waals surface area contributed by atoms with E-state index in [0.29, 0.717) is 43.4 Å². The van der Waals surface area contributed by atoms with E-state index in [0.717, 1.165) is 17.7 Å². The first-order chi connectivity index (χ1) is 14.9. The first-order valence-electron chi connectivity index (χ1n) is 10.4. The second kappa shape index (κ2) is 8.37. The maximum atomic E-state index is 12.9. The summed E-state index contributed by atoms with van der Waals surface area (Å²) in [6, 6.07) is 5.54. The van der Waals surface area contributed by atoms with Crippen LogP contribution < -0.4 is 9.64 Å². The second-order valence-electron chi connectivity index (χ2n) is 7.70. The van der Waals surface area contributed by atoms with Gasteiger partial charge < -0.3 is 14.5 Å². The molecule has 1 aliphatic carbocycles. The van der Waals surface area contributed by atoms with Gasteiger partial charge in [0.1, 0.15) is 12.3 Å². The molecule has 164 valence electrons. The van der Waals surface area contributed by atoms with Crippen molar-refractivity contribution in [2.45, 2.75) is 19.8 Å². The van der Waals surface area contributed by atoms with Crippen molar-refractivity contribution in [1.29, 1.82) is 0 Å². The van der Waals surface area contributed by atoms with Crippen molar-refractivity contribution in [2.75, 3.05) is 44.2 Å². The molecule has 10 heteroatoms. The minimum absolute atomic E-state index is 0.124. The smallest absolute Gasteiger partial charge is 0.339 e. The van der Waals surface area contributed by atoms with Gasteiger partial charge in [-0.15, -0.1) is 0 Å². The molecule has 6 amide bonds. The maximum absolute atomic E-state index is 12.9. The van der Waals surface area contributed by atoms with Crippen molar-refractivity contribution in [3.05, 3.63) is 24.3 Å². The predicted molar refractivity (Wildman–Crippen MR) is 108 cm³/mol. The van der Waals surface area contributed by atoms with E-state index in [1.54, 1.807) is 30.0 Å². The number of anilines is 1. The fourth-order valence-corrected chi connectivity index (χ4v) is 3.78. The molecular formula is C21H24N4O6. The molecule has 0 N–H and O–H groups in total. The molecule has 31 heavy (non-hydrogen) atoms. The van der Waals surface area contributed by atoms with Crippen molar-refractivity contribution in [3.8, 4) is 5.75 Å². The number of imide groups is 2. The first-order valence-corrected chi connectivity index (χ1v) is 10.4. The lowest BCUT2D eigenvalue weighted by atomic mass is 10.2. The second-order valence-corrected chi connectivity index (χ2v) is 7.70. The van der Waals surface area contributed by atoms with Gasteiger partial charge in [0.25, 0.3) is 0 Å². The van der Waals surface area contributed by atoms with E-state index in [4.69, 9.17) is 4.74 Å². The highest BCUT2D eigenvalue weighted by molar-refractivity contribution is 6.53. The third-order valence-corrected chi connectivity index (χ3v) is 5.62. The normalized spacial score (nSPS) is 19.3. The minimum Gasteiger partial charge on any atom is -0.492 e. The first kappa shape index (κ1) is 20.8. The molecule has 2 heterocycles. The van der Waals surface area contributed by atoms with Gasteiger partial charge in [-0.3, -0.25) is 19.2 Å². The molecule has 0 radical (unpaired) electrons. The van der Waals surface area contributed by atoms with Crippen LogP contribution in [-0.2, 0) is 19.2 Å². The van der Waals surface area contributed by atoms with E-state index in [9.17, 15) is 24.0 Å². The number of nitrogens with zero attached hydrogens (tertiary/aromatic N) is 4. The van der Waals surface area contributed by atoms with Crippen LogP contribution in [-0.4, -0.2) is 83.7 Å². The number of rotatable bonds is 6. The molecule has 0 unspecified atom stereocenters. The van der Waals surface area contributed by atoms with Crippen molar-refractivity contribution >= 4 is 35.3 Å². The molecule has 3 fully saturated rings. The van der Waals surface area contributed by atoms with Crippen molar-refractivity contribution in [1.82, 2.24) is 14.7 Å². The van der Waals surface area contributed by atoms with E-state index in [2.05, 4.69) is 0 Å². The van der Waals surface area contributed by atoms with E-state index >= 15 is 0 Å². The van der Waals surface area contributed by atoms with Gasteiger partial charge in [0.05, 0.1) is 12.3 Å². The Labute approximate surface area is 179 Å². The molecule has 2 aliphatic heterocycles. The van der Waals surface area contributed by atoms with Gasteiger partial charge in [0, 0.05) is 32.1 Å². The standard InChI is InChI=1S/C21H24N4O6/c1-2-31-16-6-4-3-5-15(16)25-20(29)19(28)24(21(25)30)13-17(26)22-9-11-23(12-10-22)18(27)14-7-8-14/h3-6,14H,2,7-13H2,1H3. The zero-order chi connectivity index (χ0) is 22.1. The molecule has 0 spiro atoms. The number of para-hydroxylation sites is 2. The lowest BCUT2D eigenvalue weighted by Gasteiger charge is -2.35. The topological polar surface area (TPSA) is 108 Å². The van der Waals surface area contributed by atoms with Crippen LogP contribution in [0.15, 0.2) is 24.3 Å². The zero-order valence-electron chi connectivity index (χ0n) is 17.3. The van der Waals surface area contributed by atoms with Crippen molar-refractivity contribution in [3.63, 3.8) is 0 Å². The number of benzene rings is 1. The fourth-order valence-electron chi connectivity index (χ4n) is 3.78. The summed E-state index contributed by atoms with van der Waals surface area (Å²) >= 11 is 0. The van der Waals surface area contributed by atoms with Crippen LogP contribution in [0.3, 0.4) is 0 Å². The van der Waals surface area contributed by atoms with E-state index in [1.807, 2.05) is 0 Å². The lowest BCUT2D eigenvalue weighted by Crippen LogP contribution is -2.53. The molecule has 0 aromatic heterocycles. The summed E-state index contributed by atoms with van der Waals surface area (Å²) < 4.78 is 5.46. The van der Waals surface area contributed by atoms with Crippen LogP contribution in [0.2, 0.25) is 0 Å². The molecule has 2 saturated heterocycles. The third kappa shape index (κ3) is 3.97. The molecule has 10 nitrogen and oxygen atoms in total. The number of carbonyl (C=O) groups excluding carboxylic acids is 5. The molecule has 3 aliphatic rings. The molecular weight excluding hydrogens is 404 g/mol. The maximum Gasteiger partial charge on any atom is 0.339 e. The molecule has 0 atom stereocenters. The zero-order valence-corrected chi connectivity index (χ0v) is 17.3. The largest absolute Gasteiger partial charge is 0.492 e. The number of piperazine rings is 1. The van der Waals surface area contributed by atoms with Gasteiger partial charge in [0.15, 0.2) is 0 Å². The van der Waals surface area contributed by atoms with Crippen molar-refractivity contribution in [2.24, 2.45) is 5.92 Å². The monoisotopic (exact) mass is 428 g/mol.